The molecule has 3 aromatic heterocycles. The second-order valence-electron chi connectivity index (χ2n) is 16.6. The first-order chi connectivity index (χ1) is 31.7. The van der Waals surface area contributed by atoms with Crippen molar-refractivity contribution in [1.29, 1.82) is 0 Å². The fraction of sp³-hybridized carbons (Fsp3) is 0.0169. The smallest absolute Gasteiger partial charge is 0.164 e. The Bertz CT molecular complexity index is 3780. The van der Waals surface area contributed by atoms with E-state index in [1.807, 2.05) is 30.5 Å². The maximum atomic E-state index is 6.15. The van der Waals surface area contributed by atoms with Crippen molar-refractivity contribution in [3.63, 3.8) is 0 Å². The molecule has 1 aliphatic carbocycles. The Morgan fingerprint density at radius 1 is 0.344 bits per heavy atom. The van der Waals surface area contributed by atoms with Gasteiger partial charge in [0.15, 0.2) is 17.5 Å². The topological polar surface area (TPSA) is 64.7 Å². The SMILES string of the molecule is c1ccc(-c2ccc(-c3nc(-c4ccc(-c5ccc(C6c7ccccc7-c7cc8ccccc8cc76)cc5)cc4)nc(-c4ccc5oc6ccncc6c5c4)n3)c3ccccc23)cc1. The summed E-state index contributed by atoms with van der Waals surface area (Å²) < 4.78 is 6.15. The number of benzene rings is 9. The van der Waals surface area contributed by atoms with Crippen LogP contribution in [-0.2, 0) is 0 Å². The summed E-state index contributed by atoms with van der Waals surface area (Å²) in [6.45, 7) is 0. The Labute approximate surface area is 369 Å². The van der Waals surface area contributed by atoms with Crippen molar-refractivity contribution in [2.75, 3.05) is 0 Å². The number of fused-ring (bicyclic) bond motifs is 8. The van der Waals surface area contributed by atoms with Crippen molar-refractivity contribution < 1.29 is 4.42 Å². The minimum atomic E-state index is 0.177. The van der Waals surface area contributed by atoms with Crippen molar-refractivity contribution >= 4 is 43.5 Å². The molecule has 13 rings (SSSR count). The average Bonchev–Trinajstić information content (AvgIpc) is 3.90. The van der Waals surface area contributed by atoms with Gasteiger partial charge in [0.05, 0.1) is 0 Å². The summed E-state index contributed by atoms with van der Waals surface area (Å²) in [7, 11) is 0. The molecule has 64 heavy (non-hydrogen) atoms. The second kappa shape index (κ2) is 14.5. The van der Waals surface area contributed by atoms with Crippen molar-refractivity contribution in [2.24, 2.45) is 0 Å². The van der Waals surface area contributed by atoms with Crippen LogP contribution in [0.1, 0.15) is 22.6 Å². The van der Waals surface area contributed by atoms with Gasteiger partial charge >= 0.3 is 0 Å². The summed E-state index contributed by atoms with van der Waals surface area (Å²) in [5.41, 5.74) is 15.6. The van der Waals surface area contributed by atoms with Gasteiger partial charge in [-0.15, -0.1) is 0 Å². The molecular formula is C59H36N4O. The maximum Gasteiger partial charge on any atom is 0.164 e. The highest BCUT2D eigenvalue weighted by atomic mass is 16.3. The van der Waals surface area contributed by atoms with Crippen LogP contribution in [0, 0.1) is 0 Å². The minimum absolute atomic E-state index is 0.177. The molecule has 0 radical (unpaired) electrons. The molecule has 1 aliphatic rings. The zero-order valence-corrected chi connectivity index (χ0v) is 34.5. The zero-order valence-electron chi connectivity index (χ0n) is 34.5. The van der Waals surface area contributed by atoms with E-state index in [4.69, 9.17) is 19.4 Å². The molecular weight excluding hydrogens is 781 g/mol. The summed E-state index contributed by atoms with van der Waals surface area (Å²) in [4.78, 5) is 20.0. The number of rotatable bonds is 6. The number of nitrogens with zero attached hydrogens (tertiary/aromatic N) is 4. The van der Waals surface area contributed by atoms with Crippen LogP contribution in [0.15, 0.2) is 217 Å². The first-order valence-electron chi connectivity index (χ1n) is 21.6. The van der Waals surface area contributed by atoms with E-state index >= 15 is 0 Å². The molecule has 0 saturated carbocycles. The molecule has 1 unspecified atom stereocenters. The summed E-state index contributed by atoms with van der Waals surface area (Å²) in [5, 5.41) is 6.67. The molecule has 298 valence electrons. The molecule has 5 heteroatoms. The standard InChI is InChI=1S/C59H36N4O/c1-2-10-38(11-3-1)44-27-28-49(46-15-7-6-14-45(44)46)59-62-57(61-58(63-59)43-26-29-54-51(34-43)53-35-60-31-30-55(53)64-54)40-24-20-37(21-25-40)36-18-22-39(23-19-36)56-48-17-9-8-16-47(48)50-32-41-12-4-5-13-42(41)33-52(50)56/h1-35,56H. The Kier molecular flexibility index (Phi) is 8.21. The van der Waals surface area contributed by atoms with Crippen LogP contribution >= 0.6 is 0 Å². The van der Waals surface area contributed by atoms with E-state index in [-0.39, 0.29) is 5.92 Å². The molecule has 9 aromatic carbocycles. The van der Waals surface area contributed by atoms with E-state index in [2.05, 4.69) is 181 Å². The molecule has 0 fully saturated rings. The Balaban J connectivity index is 0.893. The minimum Gasteiger partial charge on any atom is -0.456 e. The first kappa shape index (κ1) is 36.1. The van der Waals surface area contributed by atoms with Crippen LogP contribution in [0.2, 0.25) is 0 Å². The molecule has 0 aliphatic heterocycles. The van der Waals surface area contributed by atoms with Crippen LogP contribution in [0.4, 0.5) is 0 Å². The van der Waals surface area contributed by atoms with Crippen LogP contribution in [0.25, 0.3) is 111 Å². The Morgan fingerprint density at radius 2 is 0.953 bits per heavy atom. The molecule has 0 N–H and O–H groups in total. The van der Waals surface area contributed by atoms with E-state index in [1.165, 1.54) is 38.6 Å². The highest BCUT2D eigenvalue weighted by Crippen LogP contribution is 2.49. The van der Waals surface area contributed by atoms with Gasteiger partial charge in [0.25, 0.3) is 0 Å². The van der Waals surface area contributed by atoms with Gasteiger partial charge in [-0.1, -0.05) is 158 Å². The molecule has 5 nitrogen and oxygen atoms in total. The zero-order chi connectivity index (χ0) is 42.1. The lowest BCUT2D eigenvalue weighted by Crippen LogP contribution is -2.01. The normalized spacial score (nSPS) is 13.2. The summed E-state index contributed by atoms with van der Waals surface area (Å²) in [6.07, 6.45) is 3.60. The fourth-order valence-corrected chi connectivity index (χ4v) is 9.81. The van der Waals surface area contributed by atoms with Crippen LogP contribution in [-0.4, -0.2) is 19.9 Å². The molecule has 1 atom stereocenters. The van der Waals surface area contributed by atoms with Crippen LogP contribution < -0.4 is 0 Å². The summed E-state index contributed by atoms with van der Waals surface area (Å²) >= 11 is 0. The largest absolute Gasteiger partial charge is 0.456 e. The van der Waals surface area contributed by atoms with Gasteiger partial charge in [0.2, 0.25) is 0 Å². The lowest BCUT2D eigenvalue weighted by Gasteiger charge is -2.16. The fourth-order valence-electron chi connectivity index (χ4n) is 9.81. The van der Waals surface area contributed by atoms with Gasteiger partial charge in [-0.25, -0.2) is 15.0 Å². The van der Waals surface area contributed by atoms with Crippen molar-refractivity contribution in [1.82, 2.24) is 19.9 Å². The van der Waals surface area contributed by atoms with Crippen LogP contribution in [0.5, 0.6) is 0 Å². The predicted molar refractivity (Wildman–Crippen MR) is 260 cm³/mol. The van der Waals surface area contributed by atoms with Gasteiger partial charge in [-0.05, 0) is 114 Å². The van der Waals surface area contributed by atoms with Crippen molar-refractivity contribution in [2.45, 2.75) is 5.92 Å². The quantitative estimate of drug-likeness (QED) is 0.167. The lowest BCUT2D eigenvalue weighted by atomic mass is 9.87. The molecule has 0 bridgehead atoms. The molecule has 3 heterocycles. The maximum absolute atomic E-state index is 6.15. The highest BCUT2D eigenvalue weighted by molar-refractivity contribution is 6.06. The number of furan rings is 1. The van der Waals surface area contributed by atoms with E-state index in [1.54, 1.807) is 6.20 Å². The van der Waals surface area contributed by atoms with Gasteiger partial charge in [-0.3, -0.25) is 4.98 Å². The van der Waals surface area contributed by atoms with Crippen molar-refractivity contribution in [3.05, 3.63) is 229 Å². The van der Waals surface area contributed by atoms with E-state index in [9.17, 15) is 0 Å². The van der Waals surface area contributed by atoms with Gasteiger partial charge < -0.3 is 4.42 Å². The Hall–Kier alpha value is -8.54. The van der Waals surface area contributed by atoms with Crippen molar-refractivity contribution in [3.8, 4) is 67.5 Å². The van der Waals surface area contributed by atoms with E-state index in [0.717, 1.165) is 71.7 Å². The number of hydrogen-bond acceptors (Lipinski definition) is 5. The third-order valence-electron chi connectivity index (χ3n) is 12.9. The van der Waals surface area contributed by atoms with E-state index < -0.39 is 0 Å². The molecule has 0 amide bonds. The number of aromatic nitrogens is 4. The predicted octanol–water partition coefficient (Wildman–Crippen LogP) is 15.0. The highest BCUT2D eigenvalue weighted by Gasteiger charge is 2.30. The first-order valence-corrected chi connectivity index (χ1v) is 21.6. The van der Waals surface area contributed by atoms with Crippen LogP contribution in [0.3, 0.4) is 0 Å². The van der Waals surface area contributed by atoms with Gasteiger partial charge in [-0.2, -0.15) is 0 Å². The van der Waals surface area contributed by atoms with E-state index in [0.29, 0.717) is 17.5 Å². The average molecular weight is 817 g/mol. The van der Waals surface area contributed by atoms with Gasteiger partial charge in [0.1, 0.15) is 11.2 Å². The third kappa shape index (κ3) is 5.93. The third-order valence-corrected chi connectivity index (χ3v) is 12.9. The molecule has 0 saturated heterocycles. The van der Waals surface area contributed by atoms with Gasteiger partial charge in [0, 0.05) is 45.8 Å². The number of pyridine rings is 1. The molecule has 12 aromatic rings. The summed E-state index contributed by atoms with van der Waals surface area (Å²) in [5.74, 6) is 1.97. The monoisotopic (exact) mass is 816 g/mol. The summed E-state index contributed by atoms with van der Waals surface area (Å²) in [6, 6.07) is 71.3. The second-order valence-corrected chi connectivity index (χ2v) is 16.6. The molecule has 0 spiro atoms. The Morgan fingerprint density at radius 3 is 1.77 bits per heavy atom. The lowest BCUT2D eigenvalue weighted by molar-refractivity contribution is 0.668. The number of hydrogen-bond donors (Lipinski definition) is 0.